The van der Waals surface area contributed by atoms with Gasteiger partial charge in [0.25, 0.3) is 0 Å². The van der Waals surface area contributed by atoms with Gasteiger partial charge in [-0.05, 0) is 48.7 Å². The van der Waals surface area contributed by atoms with Crippen molar-refractivity contribution in [1.29, 1.82) is 0 Å². The van der Waals surface area contributed by atoms with Gasteiger partial charge < -0.3 is 9.80 Å². The van der Waals surface area contributed by atoms with Crippen LogP contribution in [0.15, 0.2) is 67.0 Å². The van der Waals surface area contributed by atoms with Gasteiger partial charge in [0.15, 0.2) is 5.82 Å². The molecule has 0 radical (unpaired) electrons. The van der Waals surface area contributed by atoms with Crippen LogP contribution in [0.4, 0.5) is 11.5 Å². The van der Waals surface area contributed by atoms with E-state index in [-0.39, 0.29) is 0 Å². The first-order valence-electron chi connectivity index (χ1n) is 10.9. The lowest BCUT2D eigenvalue weighted by Gasteiger charge is -2.37. The quantitative estimate of drug-likeness (QED) is 0.494. The second-order valence-corrected chi connectivity index (χ2v) is 8.31. The minimum absolute atomic E-state index is 0.761. The maximum Gasteiger partial charge on any atom is 0.159 e. The van der Waals surface area contributed by atoms with E-state index in [1.165, 1.54) is 33.2 Å². The Morgan fingerprint density at radius 2 is 1.48 bits per heavy atom. The van der Waals surface area contributed by atoms with E-state index in [4.69, 9.17) is 5.10 Å². The first kappa shape index (κ1) is 19.5. The average molecular weight is 410 g/mol. The van der Waals surface area contributed by atoms with Crippen molar-refractivity contribution in [2.75, 3.05) is 36.0 Å². The van der Waals surface area contributed by atoms with Gasteiger partial charge in [-0.3, -0.25) is 4.98 Å². The van der Waals surface area contributed by atoms with Gasteiger partial charge in [0.2, 0.25) is 0 Å². The molecule has 2 aromatic carbocycles. The predicted octanol–water partition coefficient (Wildman–Crippen LogP) is 4.56. The van der Waals surface area contributed by atoms with Crippen molar-refractivity contribution in [2.45, 2.75) is 20.3 Å². The van der Waals surface area contributed by atoms with E-state index in [9.17, 15) is 0 Å². The Labute approximate surface area is 183 Å². The highest BCUT2D eigenvalue weighted by Crippen LogP contribution is 2.29. The molecule has 1 aliphatic heterocycles. The molecule has 31 heavy (non-hydrogen) atoms. The molecule has 1 saturated heterocycles. The molecule has 5 heteroatoms. The van der Waals surface area contributed by atoms with E-state index < -0.39 is 0 Å². The monoisotopic (exact) mass is 409 g/mol. The molecule has 156 valence electrons. The summed E-state index contributed by atoms with van der Waals surface area (Å²) in [7, 11) is 0. The molecular weight excluding hydrogens is 382 g/mol. The molecule has 3 heterocycles. The second kappa shape index (κ2) is 8.34. The maximum absolute atomic E-state index is 4.70. The number of aryl methyl sites for hydroxylation is 2. The molecule has 0 spiro atoms. The van der Waals surface area contributed by atoms with Crippen LogP contribution in [0.5, 0.6) is 0 Å². The van der Waals surface area contributed by atoms with Crippen molar-refractivity contribution in [1.82, 2.24) is 15.2 Å². The average Bonchev–Trinajstić information content (AvgIpc) is 2.82. The molecule has 1 fully saturated rings. The van der Waals surface area contributed by atoms with Crippen molar-refractivity contribution >= 4 is 22.3 Å². The van der Waals surface area contributed by atoms with Gasteiger partial charge >= 0.3 is 0 Å². The number of anilines is 2. The molecule has 2 aromatic heterocycles. The lowest BCUT2D eigenvalue weighted by Crippen LogP contribution is -2.47. The highest BCUT2D eigenvalue weighted by atomic mass is 15.3. The SMILES string of the molecule is Cc1ccc(C)c(N2CCN(c3nnc(Cc4ccncc4)c4ccccc34)CC2)c1. The van der Waals surface area contributed by atoms with Crippen LogP contribution in [0.3, 0.4) is 0 Å². The van der Waals surface area contributed by atoms with Crippen LogP contribution in [0, 0.1) is 13.8 Å². The normalized spacial score (nSPS) is 14.3. The van der Waals surface area contributed by atoms with E-state index in [0.29, 0.717) is 0 Å². The first-order chi connectivity index (χ1) is 15.2. The number of benzene rings is 2. The molecule has 0 unspecified atom stereocenters. The standard InChI is InChI=1S/C26H27N5/c1-19-7-8-20(2)25(17-19)30-13-15-31(16-14-30)26-23-6-4-3-5-22(23)24(28-29-26)18-21-9-11-27-12-10-21/h3-12,17H,13-16,18H2,1-2H3. The van der Waals surface area contributed by atoms with Gasteiger partial charge in [0, 0.05) is 61.5 Å². The summed E-state index contributed by atoms with van der Waals surface area (Å²) in [5, 5.41) is 11.7. The van der Waals surface area contributed by atoms with Crippen LogP contribution in [0.25, 0.3) is 10.8 Å². The minimum atomic E-state index is 0.761. The number of hydrogen-bond donors (Lipinski definition) is 0. The van der Waals surface area contributed by atoms with E-state index in [2.05, 4.69) is 76.2 Å². The minimum Gasteiger partial charge on any atom is -0.368 e. The van der Waals surface area contributed by atoms with E-state index in [0.717, 1.165) is 44.1 Å². The molecule has 0 saturated carbocycles. The van der Waals surface area contributed by atoms with E-state index in [1.807, 2.05) is 24.5 Å². The number of fused-ring (bicyclic) bond motifs is 1. The molecule has 0 aliphatic carbocycles. The number of piperazine rings is 1. The molecule has 5 rings (SSSR count). The fraction of sp³-hybridized carbons (Fsp3) is 0.269. The number of nitrogens with zero attached hydrogens (tertiary/aromatic N) is 5. The topological polar surface area (TPSA) is 45.2 Å². The molecule has 0 bridgehead atoms. The summed E-state index contributed by atoms with van der Waals surface area (Å²) >= 11 is 0. The zero-order valence-corrected chi connectivity index (χ0v) is 18.1. The molecule has 1 aliphatic rings. The first-order valence-corrected chi connectivity index (χ1v) is 10.9. The number of aromatic nitrogens is 3. The predicted molar refractivity (Wildman–Crippen MR) is 127 cm³/mol. The Hall–Kier alpha value is -3.47. The number of hydrogen-bond acceptors (Lipinski definition) is 5. The van der Waals surface area contributed by atoms with Gasteiger partial charge in [-0.1, -0.05) is 36.4 Å². The maximum atomic E-state index is 4.70. The smallest absolute Gasteiger partial charge is 0.159 e. The van der Waals surface area contributed by atoms with Crippen LogP contribution in [0.1, 0.15) is 22.4 Å². The summed E-state index contributed by atoms with van der Waals surface area (Å²) < 4.78 is 0. The highest BCUT2D eigenvalue weighted by molar-refractivity contribution is 5.93. The Balaban J connectivity index is 1.40. The van der Waals surface area contributed by atoms with Gasteiger partial charge in [-0.25, -0.2) is 0 Å². The summed E-state index contributed by atoms with van der Waals surface area (Å²) in [4.78, 5) is 8.99. The van der Waals surface area contributed by atoms with Crippen molar-refractivity contribution in [2.24, 2.45) is 0 Å². The highest BCUT2D eigenvalue weighted by Gasteiger charge is 2.22. The van der Waals surface area contributed by atoms with Crippen LogP contribution >= 0.6 is 0 Å². The summed E-state index contributed by atoms with van der Waals surface area (Å²) in [6, 6.07) is 19.3. The summed E-state index contributed by atoms with van der Waals surface area (Å²) in [5.41, 5.74) is 6.21. The van der Waals surface area contributed by atoms with E-state index in [1.54, 1.807) is 0 Å². The molecule has 0 N–H and O–H groups in total. The van der Waals surface area contributed by atoms with Crippen molar-refractivity contribution in [3.05, 3.63) is 89.4 Å². The summed E-state index contributed by atoms with van der Waals surface area (Å²) in [5.74, 6) is 0.995. The Morgan fingerprint density at radius 3 is 2.26 bits per heavy atom. The lowest BCUT2D eigenvalue weighted by molar-refractivity contribution is 0.644. The number of rotatable bonds is 4. The number of pyridine rings is 1. The molecule has 4 aromatic rings. The third-order valence-electron chi connectivity index (χ3n) is 6.15. The Morgan fingerprint density at radius 1 is 0.774 bits per heavy atom. The second-order valence-electron chi connectivity index (χ2n) is 8.31. The Bertz CT molecular complexity index is 1200. The zero-order chi connectivity index (χ0) is 21.2. The lowest BCUT2D eigenvalue weighted by atomic mass is 10.0. The van der Waals surface area contributed by atoms with Gasteiger partial charge in [0.1, 0.15) is 0 Å². The molecule has 0 atom stereocenters. The zero-order valence-electron chi connectivity index (χ0n) is 18.1. The largest absolute Gasteiger partial charge is 0.368 e. The molecule has 0 amide bonds. The summed E-state index contributed by atoms with van der Waals surface area (Å²) in [6.07, 6.45) is 4.42. The third-order valence-corrected chi connectivity index (χ3v) is 6.15. The van der Waals surface area contributed by atoms with Crippen LogP contribution < -0.4 is 9.80 Å². The fourth-order valence-electron chi connectivity index (χ4n) is 4.42. The van der Waals surface area contributed by atoms with Crippen molar-refractivity contribution < 1.29 is 0 Å². The van der Waals surface area contributed by atoms with Gasteiger partial charge in [0.05, 0.1) is 5.69 Å². The summed E-state index contributed by atoms with van der Waals surface area (Å²) in [6.45, 7) is 8.21. The Kier molecular flexibility index (Phi) is 5.24. The third kappa shape index (κ3) is 3.96. The van der Waals surface area contributed by atoms with Gasteiger partial charge in [-0.15, -0.1) is 5.10 Å². The van der Waals surface area contributed by atoms with Crippen LogP contribution in [0.2, 0.25) is 0 Å². The van der Waals surface area contributed by atoms with Crippen molar-refractivity contribution in [3.8, 4) is 0 Å². The molecular formula is C26H27N5. The van der Waals surface area contributed by atoms with Crippen molar-refractivity contribution in [3.63, 3.8) is 0 Å². The van der Waals surface area contributed by atoms with Gasteiger partial charge in [-0.2, -0.15) is 5.10 Å². The van der Waals surface area contributed by atoms with Crippen LogP contribution in [-0.2, 0) is 6.42 Å². The van der Waals surface area contributed by atoms with E-state index >= 15 is 0 Å². The molecule has 5 nitrogen and oxygen atoms in total. The van der Waals surface area contributed by atoms with Crippen LogP contribution in [-0.4, -0.2) is 41.4 Å². The fourth-order valence-corrected chi connectivity index (χ4v) is 4.42.